The lowest BCUT2D eigenvalue weighted by Crippen LogP contribution is -2.20. The molecule has 0 unspecified atom stereocenters. The summed E-state index contributed by atoms with van der Waals surface area (Å²) in [6, 6.07) is 17.6. The van der Waals surface area contributed by atoms with Crippen molar-refractivity contribution < 1.29 is 9.53 Å². The average molecular weight is 426 g/mol. The number of ether oxygens (including phenoxy) is 1. The predicted molar refractivity (Wildman–Crippen MR) is 121 cm³/mol. The third-order valence-corrected chi connectivity index (χ3v) is 7.57. The standard InChI is InChI=1S/C22H23N3O2S2/c1-16-10-11-23-25(16)19-5-2-4-18(14-19)24-21(26)15-27-20-8-6-17(7-9-20)22-28-12-3-13-29-22/h2,4-11,14,22H,3,12-13,15H2,1H3,(H,24,26). The highest BCUT2D eigenvalue weighted by Gasteiger charge is 2.16. The first-order chi connectivity index (χ1) is 14.2. The molecule has 0 saturated carbocycles. The number of hydrogen-bond acceptors (Lipinski definition) is 5. The molecule has 0 aliphatic carbocycles. The van der Waals surface area contributed by atoms with Crippen molar-refractivity contribution in [1.29, 1.82) is 0 Å². The Morgan fingerprint density at radius 3 is 2.69 bits per heavy atom. The zero-order chi connectivity index (χ0) is 20.1. The number of amides is 1. The van der Waals surface area contributed by atoms with Crippen molar-refractivity contribution in [3.63, 3.8) is 0 Å². The van der Waals surface area contributed by atoms with Gasteiger partial charge >= 0.3 is 0 Å². The van der Waals surface area contributed by atoms with E-state index in [0.717, 1.165) is 11.4 Å². The molecule has 1 aliphatic rings. The lowest BCUT2D eigenvalue weighted by molar-refractivity contribution is -0.118. The van der Waals surface area contributed by atoms with E-state index in [9.17, 15) is 4.79 Å². The van der Waals surface area contributed by atoms with E-state index in [0.29, 0.717) is 16.0 Å². The van der Waals surface area contributed by atoms with E-state index in [1.165, 1.54) is 23.5 Å². The molecule has 1 N–H and O–H groups in total. The highest BCUT2D eigenvalue weighted by molar-refractivity contribution is 8.16. The summed E-state index contributed by atoms with van der Waals surface area (Å²) in [4.78, 5) is 12.3. The summed E-state index contributed by atoms with van der Waals surface area (Å²) < 4.78 is 8.00. The summed E-state index contributed by atoms with van der Waals surface area (Å²) in [7, 11) is 0. The van der Waals surface area contributed by atoms with Gasteiger partial charge in [-0.05, 0) is 66.8 Å². The number of anilines is 1. The number of nitrogens with one attached hydrogen (secondary N) is 1. The smallest absolute Gasteiger partial charge is 0.262 e. The number of carbonyl (C=O) groups is 1. The molecule has 0 spiro atoms. The van der Waals surface area contributed by atoms with Crippen LogP contribution in [-0.2, 0) is 4.79 Å². The summed E-state index contributed by atoms with van der Waals surface area (Å²) in [5.41, 5.74) is 3.96. The van der Waals surface area contributed by atoms with E-state index in [2.05, 4.69) is 22.5 Å². The fourth-order valence-electron chi connectivity index (χ4n) is 3.10. The Labute approximate surface area is 179 Å². The van der Waals surface area contributed by atoms with Gasteiger partial charge in [0.05, 0.1) is 10.3 Å². The molecular weight excluding hydrogens is 402 g/mol. The Balaban J connectivity index is 1.32. The van der Waals surface area contributed by atoms with Crippen molar-refractivity contribution in [2.24, 2.45) is 0 Å². The highest BCUT2D eigenvalue weighted by atomic mass is 32.2. The van der Waals surface area contributed by atoms with Gasteiger partial charge in [0.2, 0.25) is 0 Å². The second-order valence-corrected chi connectivity index (χ2v) is 9.49. The molecule has 5 nitrogen and oxygen atoms in total. The quantitative estimate of drug-likeness (QED) is 0.598. The third-order valence-electron chi connectivity index (χ3n) is 4.56. The fourth-order valence-corrected chi connectivity index (χ4v) is 6.00. The van der Waals surface area contributed by atoms with Crippen molar-refractivity contribution in [2.45, 2.75) is 17.9 Å². The van der Waals surface area contributed by atoms with Crippen LogP contribution in [0.25, 0.3) is 5.69 Å². The summed E-state index contributed by atoms with van der Waals surface area (Å²) in [5, 5.41) is 7.18. The van der Waals surface area contributed by atoms with Gasteiger partial charge in [-0.2, -0.15) is 5.10 Å². The molecule has 150 valence electrons. The molecule has 0 atom stereocenters. The number of rotatable bonds is 6. The molecule has 1 amide bonds. The van der Waals surface area contributed by atoms with E-state index in [1.54, 1.807) is 6.20 Å². The van der Waals surface area contributed by atoms with Crippen LogP contribution in [0.4, 0.5) is 5.69 Å². The van der Waals surface area contributed by atoms with Crippen LogP contribution in [0.15, 0.2) is 60.8 Å². The lowest BCUT2D eigenvalue weighted by Gasteiger charge is -2.21. The number of benzene rings is 2. The number of nitrogens with zero attached hydrogens (tertiary/aromatic N) is 2. The molecule has 0 bridgehead atoms. The van der Waals surface area contributed by atoms with Gasteiger partial charge in [-0.1, -0.05) is 18.2 Å². The van der Waals surface area contributed by atoms with Gasteiger partial charge < -0.3 is 10.1 Å². The van der Waals surface area contributed by atoms with Gasteiger partial charge in [0.15, 0.2) is 6.61 Å². The Morgan fingerprint density at radius 1 is 1.17 bits per heavy atom. The fraction of sp³-hybridized carbons (Fsp3) is 0.273. The van der Waals surface area contributed by atoms with Gasteiger partial charge in [-0.25, -0.2) is 4.68 Å². The number of aromatic nitrogens is 2. The van der Waals surface area contributed by atoms with Crippen LogP contribution in [0.2, 0.25) is 0 Å². The van der Waals surface area contributed by atoms with Gasteiger partial charge in [0.1, 0.15) is 5.75 Å². The average Bonchev–Trinajstić information content (AvgIpc) is 3.19. The maximum atomic E-state index is 12.3. The van der Waals surface area contributed by atoms with Crippen LogP contribution in [0, 0.1) is 6.92 Å². The van der Waals surface area contributed by atoms with Gasteiger partial charge in [0.25, 0.3) is 5.91 Å². The van der Waals surface area contributed by atoms with E-state index >= 15 is 0 Å². The Bertz CT molecular complexity index is 966. The zero-order valence-corrected chi connectivity index (χ0v) is 17.8. The first-order valence-corrected chi connectivity index (χ1v) is 11.7. The minimum Gasteiger partial charge on any atom is -0.484 e. The van der Waals surface area contributed by atoms with Crippen LogP contribution in [0.3, 0.4) is 0 Å². The van der Waals surface area contributed by atoms with Crippen LogP contribution >= 0.6 is 23.5 Å². The first kappa shape index (κ1) is 19.9. The van der Waals surface area contributed by atoms with Gasteiger partial charge in [-0.15, -0.1) is 23.5 Å². The molecule has 1 saturated heterocycles. The third kappa shape index (κ3) is 5.16. The van der Waals surface area contributed by atoms with Crippen molar-refractivity contribution in [3.8, 4) is 11.4 Å². The molecule has 1 aromatic heterocycles. The second kappa shape index (κ2) is 9.41. The molecule has 2 heterocycles. The van der Waals surface area contributed by atoms with E-state index < -0.39 is 0 Å². The maximum absolute atomic E-state index is 12.3. The molecule has 1 fully saturated rings. The van der Waals surface area contributed by atoms with Crippen molar-refractivity contribution in [3.05, 3.63) is 72.1 Å². The summed E-state index contributed by atoms with van der Waals surface area (Å²) in [6.45, 7) is 1.96. The van der Waals surface area contributed by atoms with Crippen molar-refractivity contribution >= 4 is 35.1 Å². The number of hydrogen-bond donors (Lipinski definition) is 1. The van der Waals surface area contributed by atoms with Gasteiger partial charge in [-0.3, -0.25) is 4.79 Å². The molecule has 1 aliphatic heterocycles. The molecular formula is C22H23N3O2S2. The molecule has 2 aromatic carbocycles. The van der Waals surface area contributed by atoms with E-state index in [-0.39, 0.29) is 12.5 Å². The normalized spacial score (nSPS) is 14.5. The number of carbonyl (C=O) groups excluding carboxylic acids is 1. The second-order valence-electron chi connectivity index (χ2n) is 6.77. The summed E-state index contributed by atoms with van der Waals surface area (Å²) in [5.74, 6) is 2.95. The van der Waals surface area contributed by atoms with Crippen LogP contribution in [0.5, 0.6) is 5.75 Å². The number of thioether (sulfide) groups is 2. The largest absolute Gasteiger partial charge is 0.484 e. The molecule has 0 radical (unpaired) electrons. The van der Waals surface area contributed by atoms with Gasteiger partial charge in [0, 0.05) is 17.6 Å². The summed E-state index contributed by atoms with van der Waals surface area (Å²) in [6.07, 6.45) is 3.04. The SMILES string of the molecule is Cc1ccnn1-c1cccc(NC(=O)COc2ccc(C3SCCCS3)cc2)c1. The Hall–Kier alpha value is -2.38. The molecule has 4 rings (SSSR count). The Morgan fingerprint density at radius 2 is 1.97 bits per heavy atom. The maximum Gasteiger partial charge on any atom is 0.262 e. The van der Waals surface area contributed by atoms with Crippen LogP contribution in [-0.4, -0.2) is 33.8 Å². The number of aryl methyl sites for hydroxylation is 1. The summed E-state index contributed by atoms with van der Waals surface area (Å²) >= 11 is 3.99. The zero-order valence-electron chi connectivity index (χ0n) is 16.2. The molecule has 29 heavy (non-hydrogen) atoms. The predicted octanol–water partition coefficient (Wildman–Crippen LogP) is 5.07. The van der Waals surface area contributed by atoms with Crippen LogP contribution in [0.1, 0.15) is 22.3 Å². The van der Waals surface area contributed by atoms with Crippen molar-refractivity contribution in [1.82, 2.24) is 9.78 Å². The Kier molecular flexibility index (Phi) is 6.46. The minimum atomic E-state index is -0.193. The molecule has 7 heteroatoms. The van der Waals surface area contributed by atoms with E-state index in [1.807, 2.05) is 77.6 Å². The van der Waals surface area contributed by atoms with Crippen molar-refractivity contribution in [2.75, 3.05) is 23.4 Å². The topological polar surface area (TPSA) is 56.2 Å². The minimum absolute atomic E-state index is 0.0305. The highest BCUT2D eigenvalue weighted by Crippen LogP contribution is 2.43. The van der Waals surface area contributed by atoms with E-state index in [4.69, 9.17) is 4.74 Å². The monoisotopic (exact) mass is 425 g/mol. The lowest BCUT2D eigenvalue weighted by atomic mass is 10.2. The van der Waals surface area contributed by atoms with Crippen LogP contribution < -0.4 is 10.1 Å². The molecule has 3 aromatic rings. The first-order valence-electron chi connectivity index (χ1n) is 9.56.